The molecule has 1 aliphatic rings. The van der Waals surface area contributed by atoms with Crippen LogP contribution in [0.3, 0.4) is 0 Å². The van der Waals surface area contributed by atoms with Crippen molar-refractivity contribution in [2.45, 2.75) is 45.3 Å². The van der Waals surface area contributed by atoms with Crippen LogP contribution >= 0.6 is 0 Å². The Balaban J connectivity index is 2.01. The van der Waals surface area contributed by atoms with Gasteiger partial charge < -0.3 is 19.5 Å². The molecule has 0 aliphatic carbocycles. The van der Waals surface area contributed by atoms with Gasteiger partial charge in [-0.2, -0.15) is 0 Å². The summed E-state index contributed by atoms with van der Waals surface area (Å²) in [6.07, 6.45) is 0.376. The van der Waals surface area contributed by atoms with Crippen LogP contribution in [0.4, 0.5) is 4.79 Å². The molecule has 1 aliphatic heterocycles. The smallest absolute Gasteiger partial charge is 0.410 e. The number of aromatic nitrogens is 1. The summed E-state index contributed by atoms with van der Waals surface area (Å²) in [6, 6.07) is 5.57. The van der Waals surface area contributed by atoms with Gasteiger partial charge in [-0.05, 0) is 39.7 Å². The number of amides is 1. The number of hydrogen-bond donors (Lipinski definition) is 1. The normalized spacial score (nSPS) is 21.9. The summed E-state index contributed by atoms with van der Waals surface area (Å²) in [5.41, 5.74) is 0.330. The SMILES string of the molecule is COc1cccc(CC2CN(C(=O)OC(C)(C)C)CCC2O)n1. The fourth-order valence-corrected chi connectivity index (χ4v) is 2.67. The minimum atomic E-state index is -0.517. The quantitative estimate of drug-likeness (QED) is 0.924. The Morgan fingerprint density at radius 2 is 2.17 bits per heavy atom. The number of carbonyl (C=O) groups is 1. The number of aliphatic hydroxyl groups excluding tert-OH is 1. The molecule has 1 N–H and O–H groups in total. The number of methoxy groups -OCH3 is 1. The van der Waals surface area contributed by atoms with E-state index in [1.165, 1.54) is 0 Å². The number of likely N-dealkylation sites (tertiary alicyclic amines) is 1. The van der Waals surface area contributed by atoms with Crippen molar-refractivity contribution >= 4 is 6.09 Å². The topological polar surface area (TPSA) is 71.9 Å². The van der Waals surface area contributed by atoms with E-state index in [0.717, 1.165) is 5.69 Å². The zero-order valence-electron chi connectivity index (χ0n) is 14.3. The minimum Gasteiger partial charge on any atom is -0.481 e. The molecule has 2 unspecified atom stereocenters. The maximum Gasteiger partial charge on any atom is 0.410 e. The fourth-order valence-electron chi connectivity index (χ4n) is 2.67. The van der Waals surface area contributed by atoms with Crippen LogP contribution in [0.2, 0.25) is 0 Å². The largest absolute Gasteiger partial charge is 0.481 e. The van der Waals surface area contributed by atoms with Crippen LogP contribution in [-0.4, -0.2) is 53.0 Å². The van der Waals surface area contributed by atoms with Crippen LogP contribution in [0, 0.1) is 5.92 Å². The second-order valence-corrected chi connectivity index (χ2v) is 6.92. The molecule has 0 aromatic carbocycles. The van der Waals surface area contributed by atoms with Crippen molar-refractivity contribution in [2.75, 3.05) is 20.2 Å². The second kappa shape index (κ2) is 7.17. The van der Waals surface area contributed by atoms with Crippen molar-refractivity contribution in [1.82, 2.24) is 9.88 Å². The Morgan fingerprint density at radius 1 is 1.43 bits per heavy atom. The molecular formula is C17H26N2O4. The van der Waals surface area contributed by atoms with Crippen LogP contribution in [0.1, 0.15) is 32.9 Å². The van der Waals surface area contributed by atoms with E-state index in [1.54, 1.807) is 18.1 Å². The minimum absolute atomic E-state index is 0.0594. The zero-order chi connectivity index (χ0) is 17.0. The van der Waals surface area contributed by atoms with Gasteiger partial charge in [-0.15, -0.1) is 0 Å². The zero-order valence-corrected chi connectivity index (χ0v) is 14.3. The molecule has 1 aromatic rings. The second-order valence-electron chi connectivity index (χ2n) is 6.92. The molecule has 1 fully saturated rings. The van der Waals surface area contributed by atoms with Gasteiger partial charge in [-0.1, -0.05) is 6.07 Å². The molecule has 128 valence electrons. The highest BCUT2D eigenvalue weighted by Crippen LogP contribution is 2.23. The van der Waals surface area contributed by atoms with E-state index in [0.29, 0.717) is 31.8 Å². The van der Waals surface area contributed by atoms with Gasteiger partial charge in [-0.25, -0.2) is 9.78 Å². The highest BCUT2D eigenvalue weighted by Gasteiger charge is 2.32. The number of ether oxygens (including phenoxy) is 2. The number of nitrogens with zero attached hydrogens (tertiary/aromatic N) is 2. The molecule has 0 radical (unpaired) electrons. The van der Waals surface area contributed by atoms with Crippen molar-refractivity contribution in [1.29, 1.82) is 0 Å². The lowest BCUT2D eigenvalue weighted by Crippen LogP contribution is -2.48. The Labute approximate surface area is 137 Å². The highest BCUT2D eigenvalue weighted by molar-refractivity contribution is 5.68. The molecule has 6 heteroatoms. The maximum atomic E-state index is 12.2. The molecule has 2 heterocycles. The van der Waals surface area contributed by atoms with E-state index in [9.17, 15) is 9.90 Å². The van der Waals surface area contributed by atoms with Gasteiger partial charge in [0, 0.05) is 30.8 Å². The first-order chi connectivity index (χ1) is 10.8. The van der Waals surface area contributed by atoms with Crippen LogP contribution in [0.5, 0.6) is 5.88 Å². The lowest BCUT2D eigenvalue weighted by molar-refractivity contribution is -0.00843. The average Bonchev–Trinajstić information content (AvgIpc) is 2.48. The van der Waals surface area contributed by atoms with Crippen molar-refractivity contribution < 1.29 is 19.4 Å². The Kier molecular flexibility index (Phi) is 5.46. The highest BCUT2D eigenvalue weighted by atomic mass is 16.6. The third-order valence-electron chi connectivity index (χ3n) is 3.81. The van der Waals surface area contributed by atoms with Gasteiger partial charge in [-0.3, -0.25) is 0 Å². The Morgan fingerprint density at radius 3 is 2.83 bits per heavy atom. The van der Waals surface area contributed by atoms with Gasteiger partial charge >= 0.3 is 6.09 Å². The van der Waals surface area contributed by atoms with Crippen LogP contribution < -0.4 is 4.74 Å². The van der Waals surface area contributed by atoms with Crippen LogP contribution in [0.15, 0.2) is 18.2 Å². The van der Waals surface area contributed by atoms with Crippen LogP contribution in [0.25, 0.3) is 0 Å². The van der Waals surface area contributed by atoms with Gasteiger partial charge in [0.25, 0.3) is 0 Å². The third-order valence-corrected chi connectivity index (χ3v) is 3.81. The first kappa shape index (κ1) is 17.5. The summed E-state index contributed by atoms with van der Waals surface area (Å²) in [4.78, 5) is 18.3. The summed E-state index contributed by atoms with van der Waals surface area (Å²) in [5, 5.41) is 10.3. The summed E-state index contributed by atoms with van der Waals surface area (Å²) in [7, 11) is 1.58. The molecule has 6 nitrogen and oxygen atoms in total. The summed E-state index contributed by atoms with van der Waals surface area (Å²) < 4.78 is 10.5. The fraction of sp³-hybridized carbons (Fsp3) is 0.647. The summed E-state index contributed by atoms with van der Waals surface area (Å²) in [6.45, 7) is 6.52. The van der Waals surface area contributed by atoms with Gasteiger partial charge in [0.1, 0.15) is 5.60 Å². The first-order valence-corrected chi connectivity index (χ1v) is 7.94. The summed E-state index contributed by atoms with van der Waals surface area (Å²) in [5.74, 6) is 0.493. The molecule has 2 rings (SSSR count). The van der Waals surface area contributed by atoms with Crippen molar-refractivity contribution in [2.24, 2.45) is 5.92 Å². The number of pyridine rings is 1. The molecular weight excluding hydrogens is 296 g/mol. The molecule has 0 saturated carbocycles. The standard InChI is InChI=1S/C17H26N2O4/c1-17(2,3)23-16(21)19-9-8-14(20)12(11-19)10-13-6-5-7-15(18-13)22-4/h5-7,12,14,20H,8-11H2,1-4H3. The molecule has 0 bridgehead atoms. The molecule has 1 aromatic heterocycles. The maximum absolute atomic E-state index is 12.2. The van der Waals surface area contributed by atoms with Crippen LogP contribution in [-0.2, 0) is 11.2 Å². The van der Waals surface area contributed by atoms with E-state index in [4.69, 9.17) is 9.47 Å². The van der Waals surface area contributed by atoms with E-state index >= 15 is 0 Å². The number of aliphatic hydroxyl groups is 1. The van der Waals surface area contributed by atoms with Gasteiger partial charge in [0.05, 0.1) is 13.2 Å². The summed E-state index contributed by atoms with van der Waals surface area (Å²) >= 11 is 0. The van der Waals surface area contributed by atoms with Crippen molar-refractivity contribution in [3.8, 4) is 5.88 Å². The molecule has 2 atom stereocenters. The van der Waals surface area contributed by atoms with E-state index in [2.05, 4.69) is 4.98 Å². The van der Waals surface area contributed by atoms with Crippen molar-refractivity contribution in [3.63, 3.8) is 0 Å². The van der Waals surface area contributed by atoms with Gasteiger partial charge in [0.15, 0.2) is 0 Å². The predicted octanol–water partition coefficient (Wildman–Crippen LogP) is 2.25. The first-order valence-electron chi connectivity index (χ1n) is 7.94. The van der Waals surface area contributed by atoms with E-state index in [-0.39, 0.29) is 12.0 Å². The van der Waals surface area contributed by atoms with E-state index < -0.39 is 11.7 Å². The van der Waals surface area contributed by atoms with E-state index in [1.807, 2.05) is 32.9 Å². The lowest BCUT2D eigenvalue weighted by atomic mass is 9.90. The van der Waals surface area contributed by atoms with Crippen molar-refractivity contribution in [3.05, 3.63) is 23.9 Å². The Hall–Kier alpha value is -1.82. The monoisotopic (exact) mass is 322 g/mol. The molecule has 0 spiro atoms. The number of piperidine rings is 1. The number of rotatable bonds is 3. The lowest BCUT2D eigenvalue weighted by Gasteiger charge is -2.36. The van der Waals surface area contributed by atoms with Gasteiger partial charge in [0.2, 0.25) is 5.88 Å². The molecule has 23 heavy (non-hydrogen) atoms. The number of carbonyl (C=O) groups excluding carboxylic acids is 1. The Bertz CT molecular complexity index is 542. The predicted molar refractivity (Wildman–Crippen MR) is 86.4 cm³/mol. The molecule has 1 saturated heterocycles. The number of hydrogen-bond acceptors (Lipinski definition) is 5. The molecule has 1 amide bonds. The third kappa shape index (κ3) is 5.10. The average molecular weight is 322 g/mol.